The Morgan fingerprint density at radius 2 is 1.79 bits per heavy atom. The number of benzene rings is 1. The highest BCUT2D eigenvalue weighted by Crippen LogP contribution is 2.13. The van der Waals surface area contributed by atoms with Crippen LogP contribution in [0.1, 0.15) is 32.6 Å². The van der Waals surface area contributed by atoms with Crippen LogP contribution in [0.3, 0.4) is 0 Å². The molecule has 1 aromatic carbocycles. The normalized spacial score (nSPS) is 11.0. The lowest BCUT2D eigenvalue weighted by atomic mass is 10.2. The van der Waals surface area contributed by atoms with Crippen LogP contribution in [-0.2, 0) is 13.1 Å². The molecule has 19 heavy (non-hydrogen) atoms. The molecule has 0 unspecified atom stereocenters. The van der Waals surface area contributed by atoms with Gasteiger partial charge >= 0.3 is 5.69 Å². The van der Waals surface area contributed by atoms with Gasteiger partial charge in [-0.3, -0.25) is 9.13 Å². The van der Waals surface area contributed by atoms with E-state index in [0.717, 1.165) is 49.8 Å². The van der Waals surface area contributed by atoms with Crippen LogP contribution in [-0.4, -0.2) is 9.13 Å². The number of aryl methyl sites for hydroxylation is 2. The summed E-state index contributed by atoms with van der Waals surface area (Å²) in [5.41, 5.74) is 2.21. The van der Waals surface area contributed by atoms with E-state index in [0.29, 0.717) is 0 Å². The molecule has 0 bridgehead atoms. The van der Waals surface area contributed by atoms with E-state index < -0.39 is 0 Å². The largest absolute Gasteiger partial charge is 0.329 e. The fourth-order valence-corrected chi connectivity index (χ4v) is 2.53. The molecule has 0 aliphatic heterocycles. The topological polar surface area (TPSA) is 26.9 Å². The molecule has 102 valence electrons. The highest BCUT2D eigenvalue weighted by molar-refractivity contribution is 5.75. The summed E-state index contributed by atoms with van der Waals surface area (Å²) in [7, 11) is 0. The third-order valence-corrected chi connectivity index (χ3v) is 3.53. The van der Waals surface area contributed by atoms with Gasteiger partial charge < -0.3 is 0 Å². The summed E-state index contributed by atoms with van der Waals surface area (Å²) in [4.78, 5) is 12.3. The number of imidazole rings is 1. The number of hydrogen-bond acceptors (Lipinski definition) is 1. The predicted octanol–water partition coefficient (Wildman–Crippen LogP) is 3.57. The van der Waals surface area contributed by atoms with Gasteiger partial charge in [0.2, 0.25) is 0 Å². The minimum absolute atomic E-state index is 0.118. The Bertz CT molecular complexity index is 607. The third-order valence-electron chi connectivity index (χ3n) is 3.53. The van der Waals surface area contributed by atoms with Crippen LogP contribution >= 0.6 is 0 Å². The maximum atomic E-state index is 12.3. The molecule has 0 spiro atoms. The zero-order valence-corrected chi connectivity index (χ0v) is 11.6. The maximum Gasteiger partial charge on any atom is 0.329 e. The van der Waals surface area contributed by atoms with Crippen LogP contribution in [0.5, 0.6) is 0 Å². The van der Waals surface area contributed by atoms with Crippen LogP contribution in [0.2, 0.25) is 0 Å². The van der Waals surface area contributed by atoms with Crippen molar-refractivity contribution in [3.63, 3.8) is 0 Å². The van der Waals surface area contributed by atoms with Crippen molar-refractivity contribution in [2.75, 3.05) is 0 Å². The van der Waals surface area contributed by atoms with Crippen molar-refractivity contribution >= 4 is 11.0 Å². The van der Waals surface area contributed by atoms with Crippen molar-refractivity contribution in [3.8, 4) is 0 Å². The Morgan fingerprint density at radius 1 is 1.11 bits per heavy atom. The highest BCUT2D eigenvalue weighted by Gasteiger charge is 2.10. The molecule has 0 radical (unpaired) electrons. The second kappa shape index (κ2) is 6.41. The van der Waals surface area contributed by atoms with Gasteiger partial charge in [-0.2, -0.15) is 0 Å². The predicted molar refractivity (Wildman–Crippen MR) is 80.5 cm³/mol. The first-order valence-electron chi connectivity index (χ1n) is 7.08. The van der Waals surface area contributed by atoms with Crippen molar-refractivity contribution < 1.29 is 0 Å². The van der Waals surface area contributed by atoms with Crippen molar-refractivity contribution in [2.24, 2.45) is 0 Å². The van der Waals surface area contributed by atoms with Crippen molar-refractivity contribution in [1.29, 1.82) is 0 Å². The zero-order chi connectivity index (χ0) is 13.7. The number of hydrogen-bond donors (Lipinski definition) is 0. The smallest absolute Gasteiger partial charge is 0.292 e. The van der Waals surface area contributed by atoms with Crippen molar-refractivity contribution in [2.45, 2.75) is 45.7 Å². The fraction of sp³-hybridized carbons (Fsp3) is 0.438. The number of fused-ring (bicyclic) bond motifs is 1. The first kappa shape index (κ1) is 13.7. The lowest BCUT2D eigenvalue weighted by molar-refractivity contribution is 0.573. The van der Waals surface area contributed by atoms with Crippen LogP contribution in [0, 0.1) is 0 Å². The van der Waals surface area contributed by atoms with Gasteiger partial charge in [0, 0.05) is 13.1 Å². The summed E-state index contributed by atoms with van der Waals surface area (Å²) in [6, 6.07) is 8.04. The SMILES string of the molecule is C=CCCCCCn1c(=O)n(CC)c2ccccc21. The van der Waals surface area contributed by atoms with E-state index in [1.807, 2.05) is 46.4 Å². The van der Waals surface area contributed by atoms with Crippen LogP contribution in [0.15, 0.2) is 41.7 Å². The summed E-state index contributed by atoms with van der Waals surface area (Å²) >= 11 is 0. The molecule has 0 amide bonds. The van der Waals surface area contributed by atoms with E-state index in [9.17, 15) is 4.79 Å². The first-order valence-corrected chi connectivity index (χ1v) is 7.08. The van der Waals surface area contributed by atoms with Crippen molar-refractivity contribution in [1.82, 2.24) is 9.13 Å². The van der Waals surface area contributed by atoms with Gasteiger partial charge in [0.15, 0.2) is 0 Å². The van der Waals surface area contributed by atoms with Crippen LogP contribution < -0.4 is 5.69 Å². The maximum absolute atomic E-state index is 12.3. The molecule has 2 aromatic rings. The second-order valence-electron chi connectivity index (χ2n) is 4.81. The number of unbranched alkanes of at least 4 members (excludes halogenated alkanes) is 3. The number of allylic oxidation sites excluding steroid dienone is 1. The molecule has 0 aliphatic carbocycles. The summed E-state index contributed by atoms with van der Waals surface area (Å²) in [5.74, 6) is 0. The fourth-order valence-electron chi connectivity index (χ4n) is 2.53. The summed E-state index contributed by atoms with van der Waals surface area (Å²) in [5, 5.41) is 0. The monoisotopic (exact) mass is 258 g/mol. The van der Waals surface area contributed by atoms with Crippen molar-refractivity contribution in [3.05, 3.63) is 47.4 Å². The van der Waals surface area contributed by atoms with E-state index in [-0.39, 0.29) is 5.69 Å². The standard InChI is InChI=1S/C16H22N2O/c1-3-5-6-7-10-13-18-15-12-9-8-11-14(15)17(4-2)16(18)19/h3,8-9,11-12H,1,4-7,10,13H2,2H3. The van der Waals surface area contributed by atoms with Gasteiger partial charge in [0.05, 0.1) is 11.0 Å². The lowest BCUT2D eigenvalue weighted by Crippen LogP contribution is -2.23. The number of aromatic nitrogens is 2. The number of para-hydroxylation sites is 2. The van der Waals surface area contributed by atoms with E-state index in [4.69, 9.17) is 0 Å². The Labute approximate surface area is 114 Å². The molecule has 3 heteroatoms. The second-order valence-corrected chi connectivity index (χ2v) is 4.81. The average molecular weight is 258 g/mol. The number of rotatable bonds is 7. The molecule has 0 saturated carbocycles. The highest BCUT2D eigenvalue weighted by atomic mass is 16.1. The Hall–Kier alpha value is -1.77. The third kappa shape index (κ3) is 2.80. The molecule has 1 heterocycles. The Balaban J connectivity index is 2.20. The molecule has 2 rings (SSSR count). The molecular weight excluding hydrogens is 236 g/mol. The zero-order valence-electron chi connectivity index (χ0n) is 11.6. The summed E-state index contributed by atoms with van der Waals surface area (Å²) in [6.07, 6.45) is 6.36. The quantitative estimate of drug-likeness (QED) is 0.551. The van der Waals surface area contributed by atoms with E-state index in [2.05, 4.69) is 6.58 Å². The van der Waals surface area contributed by atoms with Gasteiger partial charge in [-0.15, -0.1) is 6.58 Å². The average Bonchev–Trinajstić information content (AvgIpc) is 2.71. The molecular formula is C16H22N2O. The lowest BCUT2D eigenvalue weighted by Gasteiger charge is -2.02. The van der Waals surface area contributed by atoms with E-state index >= 15 is 0 Å². The van der Waals surface area contributed by atoms with Crippen LogP contribution in [0.25, 0.3) is 11.0 Å². The molecule has 0 N–H and O–H groups in total. The Morgan fingerprint density at radius 3 is 2.42 bits per heavy atom. The molecule has 1 aromatic heterocycles. The Kier molecular flexibility index (Phi) is 4.61. The number of nitrogens with zero attached hydrogens (tertiary/aromatic N) is 2. The summed E-state index contributed by atoms with van der Waals surface area (Å²) < 4.78 is 3.76. The molecule has 0 atom stereocenters. The molecule has 3 nitrogen and oxygen atoms in total. The van der Waals surface area contributed by atoms with Gasteiger partial charge in [-0.05, 0) is 38.3 Å². The van der Waals surface area contributed by atoms with Crippen LogP contribution in [0.4, 0.5) is 0 Å². The molecule has 0 aliphatic rings. The summed E-state index contributed by atoms with van der Waals surface area (Å²) in [6.45, 7) is 7.28. The van der Waals surface area contributed by atoms with Gasteiger partial charge in [-0.25, -0.2) is 4.79 Å². The van der Waals surface area contributed by atoms with E-state index in [1.54, 1.807) is 0 Å². The minimum atomic E-state index is 0.118. The molecule has 0 saturated heterocycles. The van der Waals surface area contributed by atoms with Gasteiger partial charge in [-0.1, -0.05) is 24.6 Å². The minimum Gasteiger partial charge on any atom is -0.292 e. The first-order chi connectivity index (χ1) is 9.29. The van der Waals surface area contributed by atoms with Gasteiger partial charge in [0.1, 0.15) is 0 Å². The van der Waals surface area contributed by atoms with E-state index in [1.165, 1.54) is 0 Å². The molecule has 0 fully saturated rings. The van der Waals surface area contributed by atoms with Gasteiger partial charge in [0.25, 0.3) is 0 Å².